The van der Waals surface area contributed by atoms with E-state index in [2.05, 4.69) is 5.32 Å². The van der Waals surface area contributed by atoms with Crippen LogP contribution in [0.2, 0.25) is 0 Å². The van der Waals surface area contributed by atoms with E-state index in [9.17, 15) is 24.0 Å². The molecule has 168 valence electrons. The molecule has 0 saturated carbocycles. The third kappa shape index (κ3) is 4.40. The molecule has 0 fully saturated rings. The van der Waals surface area contributed by atoms with Gasteiger partial charge in [-0.15, -0.1) is 11.3 Å². The van der Waals surface area contributed by atoms with Crippen molar-refractivity contribution in [3.63, 3.8) is 0 Å². The molecule has 0 saturated heterocycles. The summed E-state index contributed by atoms with van der Waals surface area (Å²) >= 11 is 0.870. The maximum absolute atomic E-state index is 12.7. The molecule has 0 atom stereocenters. The van der Waals surface area contributed by atoms with Crippen LogP contribution in [-0.2, 0) is 14.3 Å². The zero-order chi connectivity index (χ0) is 23.6. The lowest BCUT2D eigenvalue weighted by Gasteiger charge is -2.13. The Labute approximate surface area is 188 Å². The number of carbonyl (C=O) groups is 5. The number of rotatable bonds is 7. The Morgan fingerprint density at radius 2 is 1.66 bits per heavy atom. The van der Waals surface area contributed by atoms with E-state index in [1.165, 1.54) is 12.1 Å². The maximum Gasteiger partial charge on any atom is 0.348 e. The lowest BCUT2D eigenvalue weighted by atomic mass is 10.1. The highest BCUT2D eigenvalue weighted by Crippen LogP contribution is 2.34. The van der Waals surface area contributed by atoms with Crippen LogP contribution in [0.1, 0.15) is 67.1 Å². The summed E-state index contributed by atoms with van der Waals surface area (Å²) in [6.45, 7) is 6.13. The van der Waals surface area contributed by atoms with Crippen LogP contribution in [0.4, 0.5) is 5.00 Å². The molecule has 10 heteroatoms. The van der Waals surface area contributed by atoms with Crippen molar-refractivity contribution in [2.24, 2.45) is 0 Å². The topological polar surface area (TPSA) is 119 Å². The van der Waals surface area contributed by atoms with Gasteiger partial charge in [0, 0.05) is 0 Å². The molecule has 1 aliphatic heterocycles. The lowest BCUT2D eigenvalue weighted by molar-refractivity contribution is -0.116. The molecule has 1 aromatic heterocycles. The van der Waals surface area contributed by atoms with Gasteiger partial charge in [0.15, 0.2) is 0 Å². The van der Waals surface area contributed by atoms with Gasteiger partial charge in [-0.05, 0) is 45.4 Å². The molecule has 2 heterocycles. The van der Waals surface area contributed by atoms with Crippen molar-refractivity contribution in [3.05, 3.63) is 51.4 Å². The molecule has 0 unspecified atom stereocenters. The third-order valence-electron chi connectivity index (χ3n) is 4.59. The third-order valence-corrected chi connectivity index (χ3v) is 5.77. The number of thiophene rings is 1. The molecule has 3 rings (SSSR count). The number of carbonyl (C=O) groups excluding carboxylic acids is 5. The van der Waals surface area contributed by atoms with Crippen molar-refractivity contribution in [3.8, 4) is 0 Å². The van der Waals surface area contributed by atoms with E-state index in [0.29, 0.717) is 5.56 Å². The molecule has 2 aromatic rings. The zero-order valence-electron chi connectivity index (χ0n) is 18.0. The second kappa shape index (κ2) is 9.31. The van der Waals surface area contributed by atoms with E-state index in [-0.39, 0.29) is 39.3 Å². The second-order valence-corrected chi connectivity index (χ2v) is 8.25. The summed E-state index contributed by atoms with van der Waals surface area (Å²) in [5.41, 5.74) is 0.796. The number of hydrogen-bond acceptors (Lipinski definition) is 8. The molecule has 0 bridgehead atoms. The van der Waals surface area contributed by atoms with E-state index in [0.717, 1.165) is 16.2 Å². The van der Waals surface area contributed by atoms with Gasteiger partial charge in [-0.3, -0.25) is 19.3 Å². The summed E-state index contributed by atoms with van der Waals surface area (Å²) in [7, 11) is 0. The monoisotopic (exact) mass is 458 g/mol. The number of imide groups is 1. The standard InChI is InChI=1S/C22H22N2O7S/c1-5-30-21(28)16-12(4)17(22(29)31-11(2)3)32-18(16)23-15(25)10-24-19(26)13-8-6-7-9-14(13)20(24)27/h6-9,11H,5,10H2,1-4H3,(H,23,25). The predicted octanol–water partition coefficient (Wildman–Crippen LogP) is 3.03. The molecule has 9 nitrogen and oxygen atoms in total. The first-order chi connectivity index (χ1) is 15.1. The van der Waals surface area contributed by atoms with Crippen LogP contribution in [0.3, 0.4) is 0 Å². The first-order valence-electron chi connectivity index (χ1n) is 9.92. The Morgan fingerprint density at radius 3 is 2.19 bits per heavy atom. The van der Waals surface area contributed by atoms with Gasteiger partial charge in [-0.2, -0.15) is 0 Å². The highest BCUT2D eigenvalue weighted by molar-refractivity contribution is 7.18. The van der Waals surface area contributed by atoms with Gasteiger partial charge < -0.3 is 14.8 Å². The van der Waals surface area contributed by atoms with Crippen molar-refractivity contribution >= 4 is 46.0 Å². The van der Waals surface area contributed by atoms with Gasteiger partial charge >= 0.3 is 11.9 Å². The number of anilines is 1. The minimum Gasteiger partial charge on any atom is -0.462 e. The Hall–Kier alpha value is -3.53. The van der Waals surface area contributed by atoms with Crippen LogP contribution in [0.5, 0.6) is 0 Å². The summed E-state index contributed by atoms with van der Waals surface area (Å²) in [5.74, 6) is -3.19. The number of nitrogens with one attached hydrogen (secondary N) is 1. The lowest BCUT2D eigenvalue weighted by Crippen LogP contribution is -2.37. The van der Waals surface area contributed by atoms with Crippen LogP contribution in [0, 0.1) is 6.92 Å². The molecule has 1 aliphatic rings. The molecule has 0 spiro atoms. The van der Waals surface area contributed by atoms with Gasteiger partial charge in [0.1, 0.15) is 16.4 Å². The second-order valence-electron chi connectivity index (χ2n) is 7.23. The molecule has 32 heavy (non-hydrogen) atoms. The molecular weight excluding hydrogens is 436 g/mol. The summed E-state index contributed by atoms with van der Waals surface area (Å²) in [5, 5.41) is 2.62. The largest absolute Gasteiger partial charge is 0.462 e. The van der Waals surface area contributed by atoms with Gasteiger partial charge in [0.25, 0.3) is 11.8 Å². The minimum atomic E-state index is -0.708. The smallest absolute Gasteiger partial charge is 0.348 e. The average Bonchev–Trinajstić information content (AvgIpc) is 3.17. The first-order valence-corrected chi connectivity index (χ1v) is 10.7. The highest BCUT2D eigenvalue weighted by atomic mass is 32.1. The van der Waals surface area contributed by atoms with Crippen LogP contribution in [-0.4, -0.2) is 53.8 Å². The van der Waals surface area contributed by atoms with Crippen molar-refractivity contribution in [2.45, 2.75) is 33.8 Å². The molecule has 1 aromatic carbocycles. The van der Waals surface area contributed by atoms with E-state index in [1.54, 1.807) is 39.8 Å². The van der Waals surface area contributed by atoms with E-state index >= 15 is 0 Å². The normalized spacial score (nSPS) is 12.7. The van der Waals surface area contributed by atoms with Crippen molar-refractivity contribution in [1.29, 1.82) is 0 Å². The summed E-state index contributed by atoms with van der Waals surface area (Å²) in [6.07, 6.45) is -0.373. The van der Waals surface area contributed by atoms with Crippen LogP contribution >= 0.6 is 11.3 Å². The Kier molecular flexibility index (Phi) is 6.73. The molecule has 0 aliphatic carbocycles. The Morgan fingerprint density at radius 1 is 1.06 bits per heavy atom. The van der Waals surface area contributed by atoms with E-state index < -0.39 is 36.2 Å². The van der Waals surface area contributed by atoms with E-state index in [1.807, 2.05) is 0 Å². The zero-order valence-corrected chi connectivity index (χ0v) is 18.8. The van der Waals surface area contributed by atoms with Crippen LogP contribution < -0.4 is 5.32 Å². The molecule has 1 N–H and O–H groups in total. The van der Waals surface area contributed by atoms with Crippen molar-refractivity contribution < 1.29 is 33.4 Å². The Balaban J connectivity index is 1.85. The van der Waals surface area contributed by atoms with Gasteiger partial charge in [0.2, 0.25) is 5.91 Å². The minimum absolute atomic E-state index is 0.0308. The summed E-state index contributed by atoms with van der Waals surface area (Å²) in [6, 6.07) is 6.29. The quantitative estimate of drug-likeness (QED) is 0.500. The first kappa shape index (κ1) is 23.1. The number of hydrogen-bond donors (Lipinski definition) is 1. The number of ether oxygens (including phenoxy) is 2. The van der Waals surface area contributed by atoms with Crippen LogP contribution in [0.15, 0.2) is 24.3 Å². The highest BCUT2D eigenvalue weighted by Gasteiger charge is 2.36. The molecule has 3 amide bonds. The number of nitrogens with zero attached hydrogens (tertiary/aromatic N) is 1. The summed E-state index contributed by atoms with van der Waals surface area (Å²) in [4.78, 5) is 63.6. The fourth-order valence-corrected chi connectivity index (χ4v) is 4.30. The SMILES string of the molecule is CCOC(=O)c1c(NC(=O)CN2C(=O)c3ccccc3C2=O)sc(C(=O)OC(C)C)c1C. The number of esters is 2. The van der Waals surface area contributed by atoms with Gasteiger partial charge in [-0.1, -0.05) is 12.1 Å². The van der Waals surface area contributed by atoms with Crippen molar-refractivity contribution in [1.82, 2.24) is 4.90 Å². The number of amides is 3. The fourth-order valence-electron chi connectivity index (χ4n) is 3.21. The molecule has 0 radical (unpaired) electrons. The van der Waals surface area contributed by atoms with Gasteiger partial charge in [-0.25, -0.2) is 9.59 Å². The fraction of sp³-hybridized carbons (Fsp3) is 0.318. The average molecular weight is 458 g/mol. The van der Waals surface area contributed by atoms with Crippen molar-refractivity contribution in [2.75, 3.05) is 18.5 Å². The maximum atomic E-state index is 12.7. The summed E-state index contributed by atoms with van der Waals surface area (Å²) < 4.78 is 10.3. The Bertz CT molecular complexity index is 1080. The number of fused-ring (bicyclic) bond motifs is 1. The van der Waals surface area contributed by atoms with E-state index in [4.69, 9.17) is 9.47 Å². The van der Waals surface area contributed by atoms with Crippen LogP contribution in [0.25, 0.3) is 0 Å². The predicted molar refractivity (Wildman–Crippen MR) is 116 cm³/mol. The van der Waals surface area contributed by atoms with Gasteiger partial charge in [0.05, 0.1) is 29.4 Å². The number of benzene rings is 1. The molecular formula is C22H22N2O7S.